The smallest absolute Gasteiger partial charge is 0.315 e. The molecule has 2 aromatic heterocycles. The maximum atomic E-state index is 11.7. The van der Waals surface area contributed by atoms with E-state index in [9.17, 15) is 9.90 Å². The number of hydrogen-bond acceptors (Lipinski definition) is 1. The molecule has 0 atom stereocenters. The second-order valence-electron chi connectivity index (χ2n) is 4.98. The zero-order valence-electron chi connectivity index (χ0n) is 10.1. The van der Waals surface area contributed by atoms with Crippen molar-refractivity contribution in [3.05, 3.63) is 40.1 Å². The average Bonchev–Trinajstić information content (AvgIpc) is 2.54. The summed E-state index contributed by atoms with van der Waals surface area (Å²) in [6.07, 6.45) is 4.40. The summed E-state index contributed by atoms with van der Waals surface area (Å²) in [5.74, 6) is -0.701. The molecule has 0 unspecified atom stereocenters. The van der Waals surface area contributed by atoms with Crippen molar-refractivity contribution in [1.29, 1.82) is 0 Å². The Morgan fingerprint density at radius 2 is 2.17 bits per heavy atom. The fourth-order valence-electron chi connectivity index (χ4n) is 2.97. The third-order valence-electron chi connectivity index (χ3n) is 4.08. The van der Waals surface area contributed by atoms with Crippen LogP contribution in [-0.2, 0) is 10.2 Å². The van der Waals surface area contributed by atoms with Crippen LogP contribution in [0.5, 0.6) is 0 Å². The Balaban J connectivity index is 2.35. The molecule has 0 aromatic carbocycles. The number of nitrogens with zero attached hydrogens (tertiary/aromatic N) is 1. The highest BCUT2D eigenvalue weighted by Crippen LogP contribution is 2.47. The minimum Gasteiger partial charge on any atom is -0.481 e. The number of pyridine rings is 1. The summed E-state index contributed by atoms with van der Waals surface area (Å²) in [4.78, 5) is 11.7. The fraction of sp³-hybridized carbons (Fsp3) is 0.357. The van der Waals surface area contributed by atoms with E-state index in [1.54, 1.807) is 0 Å². The summed E-state index contributed by atoms with van der Waals surface area (Å²) >= 11 is 3.58. The second-order valence-corrected chi connectivity index (χ2v) is 5.78. The van der Waals surface area contributed by atoms with Gasteiger partial charge in [0.1, 0.15) is 5.41 Å². The van der Waals surface area contributed by atoms with Gasteiger partial charge in [-0.15, -0.1) is 0 Å². The number of halogens is 1. The Morgan fingerprint density at radius 1 is 1.44 bits per heavy atom. The van der Waals surface area contributed by atoms with Crippen LogP contribution in [0.2, 0.25) is 0 Å². The maximum Gasteiger partial charge on any atom is 0.315 e. The summed E-state index contributed by atoms with van der Waals surface area (Å²) < 4.78 is 3.03. The number of carboxylic acid groups (broad SMARTS) is 1. The number of aliphatic carboxylic acids is 1. The number of aromatic nitrogens is 1. The molecule has 1 saturated carbocycles. The third-order valence-corrected chi connectivity index (χ3v) is 5.08. The van der Waals surface area contributed by atoms with Crippen LogP contribution in [0.4, 0.5) is 0 Å². The Kier molecular flexibility index (Phi) is 2.52. The van der Waals surface area contributed by atoms with Crippen molar-refractivity contribution in [3.63, 3.8) is 0 Å². The quantitative estimate of drug-likeness (QED) is 0.922. The van der Waals surface area contributed by atoms with Gasteiger partial charge in [0.25, 0.3) is 0 Å². The third kappa shape index (κ3) is 1.32. The molecule has 0 radical (unpaired) electrons. The van der Waals surface area contributed by atoms with Crippen LogP contribution < -0.4 is 0 Å². The number of hydrogen-bond donors (Lipinski definition) is 1. The van der Waals surface area contributed by atoms with E-state index in [0.29, 0.717) is 0 Å². The topological polar surface area (TPSA) is 41.7 Å². The average molecular weight is 308 g/mol. The van der Waals surface area contributed by atoms with Crippen LogP contribution in [0, 0.1) is 6.92 Å². The molecule has 2 heterocycles. The van der Waals surface area contributed by atoms with E-state index in [-0.39, 0.29) is 0 Å². The van der Waals surface area contributed by atoms with Crippen LogP contribution in [-0.4, -0.2) is 15.5 Å². The second kappa shape index (κ2) is 3.85. The Morgan fingerprint density at radius 3 is 2.72 bits per heavy atom. The number of carboxylic acids is 1. The van der Waals surface area contributed by atoms with Crippen LogP contribution >= 0.6 is 15.9 Å². The van der Waals surface area contributed by atoms with Gasteiger partial charge in [-0.3, -0.25) is 4.79 Å². The molecule has 0 amide bonds. The van der Waals surface area contributed by atoms with E-state index in [1.807, 2.05) is 35.7 Å². The number of carbonyl (C=O) groups is 1. The first-order chi connectivity index (χ1) is 8.58. The lowest BCUT2D eigenvalue weighted by molar-refractivity contribution is -0.147. The highest BCUT2D eigenvalue weighted by atomic mass is 79.9. The van der Waals surface area contributed by atoms with Gasteiger partial charge in [-0.1, -0.05) is 12.5 Å². The molecule has 0 bridgehead atoms. The molecule has 1 aliphatic carbocycles. The number of rotatable bonds is 2. The summed E-state index contributed by atoms with van der Waals surface area (Å²) in [5, 5.41) is 9.60. The molecule has 4 heteroatoms. The summed E-state index contributed by atoms with van der Waals surface area (Å²) in [7, 11) is 0. The molecule has 1 N–H and O–H groups in total. The first-order valence-electron chi connectivity index (χ1n) is 6.07. The minimum atomic E-state index is -0.701. The predicted molar refractivity (Wildman–Crippen MR) is 73.0 cm³/mol. The van der Waals surface area contributed by atoms with Crippen molar-refractivity contribution in [2.24, 2.45) is 0 Å². The molecular formula is C14H14BrNO2. The molecule has 94 valence electrons. The van der Waals surface area contributed by atoms with E-state index >= 15 is 0 Å². The SMILES string of the molecule is Cc1c(Br)c2ccccn2c1C1(C(=O)O)CCC1. The van der Waals surface area contributed by atoms with Crippen molar-refractivity contribution in [3.8, 4) is 0 Å². The number of fused-ring (bicyclic) bond motifs is 1. The van der Waals surface area contributed by atoms with E-state index < -0.39 is 11.4 Å². The molecule has 1 fully saturated rings. The molecule has 1 aliphatic rings. The van der Waals surface area contributed by atoms with Crippen molar-refractivity contribution in [1.82, 2.24) is 4.40 Å². The molecule has 0 spiro atoms. The van der Waals surface area contributed by atoms with Crippen molar-refractivity contribution in [2.75, 3.05) is 0 Å². The lowest BCUT2D eigenvalue weighted by Gasteiger charge is -2.38. The maximum absolute atomic E-state index is 11.7. The van der Waals surface area contributed by atoms with Gasteiger partial charge < -0.3 is 9.51 Å². The van der Waals surface area contributed by atoms with Crippen molar-refractivity contribution < 1.29 is 9.90 Å². The summed E-state index contributed by atoms with van der Waals surface area (Å²) in [6.45, 7) is 2.00. The van der Waals surface area contributed by atoms with Gasteiger partial charge in [-0.25, -0.2) is 0 Å². The van der Waals surface area contributed by atoms with E-state index in [1.165, 1.54) is 0 Å². The normalized spacial score (nSPS) is 17.7. The highest BCUT2D eigenvalue weighted by Gasteiger charge is 2.49. The van der Waals surface area contributed by atoms with Gasteiger partial charge in [0, 0.05) is 16.4 Å². The van der Waals surface area contributed by atoms with E-state index in [2.05, 4.69) is 15.9 Å². The summed E-state index contributed by atoms with van der Waals surface area (Å²) in [5.41, 5.74) is 2.32. The van der Waals surface area contributed by atoms with Crippen molar-refractivity contribution in [2.45, 2.75) is 31.6 Å². The van der Waals surface area contributed by atoms with E-state index in [0.717, 1.165) is 40.5 Å². The van der Waals surface area contributed by atoms with Gasteiger partial charge in [0.2, 0.25) is 0 Å². The Labute approximate surface area is 114 Å². The highest BCUT2D eigenvalue weighted by molar-refractivity contribution is 9.10. The molecule has 0 saturated heterocycles. The van der Waals surface area contributed by atoms with Gasteiger partial charge in [-0.05, 0) is 53.4 Å². The minimum absolute atomic E-state index is 0.694. The molecule has 18 heavy (non-hydrogen) atoms. The van der Waals surface area contributed by atoms with E-state index in [4.69, 9.17) is 0 Å². The van der Waals surface area contributed by atoms with Crippen molar-refractivity contribution >= 4 is 27.4 Å². The Hall–Kier alpha value is -1.29. The first kappa shape index (κ1) is 11.8. The van der Waals surface area contributed by atoms with Gasteiger partial charge in [-0.2, -0.15) is 0 Å². The summed E-state index contributed by atoms with van der Waals surface area (Å²) in [6, 6.07) is 5.92. The van der Waals surface area contributed by atoms with Gasteiger partial charge >= 0.3 is 5.97 Å². The van der Waals surface area contributed by atoms with Crippen LogP contribution in [0.25, 0.3) is 5.52 Å². The van der Waals surface area contributed by atoms with Crippen LogP contribution in [0.1, 0.15) is 30.5 Å². The van der Waals surface area contributed by atoms with Gasteiger partial charge in [0.05, 0.1) is 5.52 Å². The zero-order chi connectivity index (χ0) is 12.9. The Bertz CT molecular complexity index is 641. The van der Waals surface area contributed by atoms with Gasteiger partial charge in [0.15, 0.2) is 0 Å². The molecule has 3 nitrogen and oxygen atoms in total. The van der Waals surface area contributed by atoms with Crippen LogP contribution in [0.3, 0.4) is 0 Å². The molecule has 3 rings (SSSR count). The molecular weight excluding hydrogens is 294 g/mol. The molecule has 2 aromatic rings. The largest absolute Gasteiger partial charge is 0.481 e. The first-order valence-corrected chi connectivity index (χ1v) is 6.86. The lowest BCUT2D eigenvalue weighted by atomic mass is 9.66. The fourth-order valence-corrected chi connectivity index (χ4v) is 3.48. The monoisotopic (exact) mass is 307 g/mol. The lowest BCUT2D eigenvalue weighted by Crippen LogP contribution is -2.43. The molecule has 0 aliphatic heterocycles. The van der Waals surface area contributed by atoms with Crippen LogP contribution in [0.15, 0.2) is 28.9 Å². The standard InChI is InChI=1S/C14H14BrNO2/c1-9-11(15)10-5-2-3-8-16(10)12(9)14(13(17)18)6-4-7-14/h2-3,5,8H,4,6-7H2,1H3,(H,17,18). The predicted octanol–water partition coefficient (Wildman–Crippen LogP) is 3.52. The zero-order valence-corrected chi connectivity index (χ0v) is 11.7.